The average Bonchev–Trinajstić information content (AvgIpc) is 2.70. The number of benzene rings is 1. The van der Waals surface area contributed by atoms with E-state index < -0.39 is 15.4 Å². The average molecular weight is 265 g/mol. The lowest BCUT2D eigenvalue weighted by molar-refractivity contribution is -0.500. The van der Waals surface area contributed by atoms with Crippen molar-refractivity contribution in [3.8, 4) is 0 Å². The van der Waals surface area contributed by atoms with Crippen molar-refractivity contribution >= 4 is 11.4 Å². The molecule has 1 aliphatic rings. The molecule has 1 aromatic rings. The molecule has 8 nitrogen and oxygen atoms in total. The molecule has 19 heavy (non-hydrogen) atoms. The molecule has 0 saturated heterocycles. The molecule has 1 unspecified atom stereocenters. The van der Waals surface area contributed by atoms with Crippen LogP contribution in [0.5, 0.6) is 0 Å². The quantitative estimate of drug-likeness (QED) is 0.608. The zero-order chi connectivity index (χ0) is 14.0. The van der Waals surface area contributed by atoms with E-state index in [1.807, 2.05) is 0 Å². The van der Waals surface area contributed by atoms with Crippen molar-refractivity contribution in [3.05, 3.63) is 50.1 Å². The summed E-state index contributed by atoms with van der Waals surface area (Å²) in [6, 6.07) is 5.83. The Hall–Kier alpha value is -2.51. The number of hydrogen-bond acceptors (Lipinski definition) is 6. The fourth-order valence-electron chi connectivity index (χ4n) is 1.87. The Bertz CT molecular complexity index is 554. The molecular formula is C11H11N3O5. The first-order valence-electron chi connectivity index (χ1n) is 5.51. The van der Waals surface area contributed by atoms with Gasteiger partial charge in [0.1, 0.15) is 0 Å². The molecule has 0 radical (unpaired) electrons. The zero-order valence-electron chi connectivity index (χ0n) is 10.1. The number of nitrogens with zero attached hydrogens (tertiary/aromatic N) is 3. The van der Waals surface area contributed by atoms with Gasteiger partial charge in [-0.25, -0.2) is 0 Å². The first kappa shape index (κ1) is 12.9. The van der Waals surface area contributed by atoms with Crippen LogP contribution >= 0.6 is 0 Å². The van der Waals surface area contributed by atoms with E-state index in [0.717, 1.165) is 0 Å². The lowest BCUT2D eigenvalue weighted by Crippen LogP contribution is -2.33. The Morgan fingerprint density at radius 3 is 2.47 bits per heavy atom. The highest BCUT2D eigenvalue weighted by molar-refractivity contribution is 6.01. The van der Waals surface area contributed by atoms with Gasteiger partial charge in [-0.05, 0) is 24.6 Å². The van der Waals surface area contributed by atoms with Gasteiger partial charge < -0.3 is 4.84 Å². The van der Waals surface area contributed by atoms with Gasteiger partial charge in [0, 0.05) is 23.5 Å². The number of nitro benzene ring substituents is 1. The van der Waals surface area contributed by atoms with Gasteiger partial charge in [0.25, 0.3) is 5.69 Å². The second-order valence-electron chi connectivity index (χ2n) is 4.55. The molecule has 0 bridgehead atoms. The molecule has 0 spiro atoms. The molecule has 2 rings (SSSR count). The third-order valence-electron chi connectivity index (χ3n) is 2.79. The van der Waals surface area contributed by atoms with Crippen molar-refractivity contribution in [1.82, 2.24) is 0 Å². The molecular weight excluding hydrogens is 254 g/mol. The van der Waals surface area contributed by atoms with E-state index >= 15 is 0 Å². The number of nitro groups is 2. The molecule has 1 aromatic carbocycles. The van der Waals surface area contributed by atoms with Crippen LogP contribution in [0.25, 0.3) is 0 Å². The largest absolute Gasteiger partial charge is 0.382 e. The minimum Gasteiger partial charge on any atom is -0.382 e. The number of rotatable bonds is 4. The van der Waals surface area contributed by atoms with Gasteiger partial charge in [-0.3, -0.25) is 20.2 Å². The summed E-state index contributed by atoms with van der Waals surface area (Å²) in [5, 5.41) is 24.9. The smallest absolute Gasteiger partial charge is 0.269 e. The molecule has 100 valence electrons. The summed E-state index contributed by atoms with van der Waals surface area (Å²) in [5.41, 5.74) is 0.244. The molecule has 1 heterocycles. The van der Waals surface area contributed by atoms with Gasteiger partial charge in [-0.1, -0.05) is 5.16 Å². The van der Waals surface area contributed by atoms with Crippen molar-refractivity contribution in [3.63, 3.8) is 0 Å². The highest BCUT2D eigenvalue weighted by Crippen LogP contribution is 2.27. The summed E-state index contributed by atoms with van der Waals surface area (Å²) in [6.07, 6.45) is 0.297. The topological polar surface area (TPSA) is 108 Å². The Balaban J connectivity index is 2.12. The number of oxime groups is 1. The van der Waals surface area contributed by atoms with Crippen LogP contribution in [0.2, 0.25) is 0 Å². The van der Waals surface area contributed by atoms with Crippen LogP contribution in [0.4, 0.5) is 5.69 Å². The number of non-ortho nitro benzene ring substituents is 1. The van der Waals surface area contributed by atoms with Crippen molar-refractivity contribution in [2.24, 2.45) is 5.16 Å². The maximum Gasteiger partial charge on any atom is 0.269 e. The minimum absolute atomic E-state index is 0.0173. The predicted octanol–water partition coefficient (Wildman–Crippen LogP) is 1.75. The van der Waals surface area contributed by atoms with E-state index in [1.165, 1.54) is 12.1 Å². The molecule has 0 amide bonds. The molecule has 1 aliphatic heterocycles. The Kier molecular flexibility index (Phi) is 3.16. The van der Waals surface area contributed by atoms with Gasteiger partial charge >= 0.3 is 0 Å². The van der Waals surface area contributed by atoms with Gasteiger partial charge in [0.2, 0.25) is 12.1 Å². The summed E-state index contributed by atoms with van der Waals surface area (Å²) in [6.45, 7) is 1.27. The molecule has 0 aromatic heterocycles. The molecule has 0 aliphatic carbocycles. The lowest BCUT2D eigenvalue weighted by Gasteiger charge is -2.15. The van der Waals surface area contributed by atoms with Crippen LogP contribution in [0.15, 0.2) is 29.4 Å². The Morgan fingerprint density at radius 2 is 1.95 bits per heavy atom. The normalized spacial score (nSPS) is 21.6. The highest BCUT2D eigenvalue weighted by atomic mass is 16.7. The first-order chi connectivity index (χ1) is 8.89. The van der Waals surface area contributed by atoms with Crippen molar-refractivity contribution < 1.29 is 14.7 Å². The SMILES string of the molecule is CC1(C[N+](=O)[O-])CC(c2ccc([N+](=O)[O-])cc2)=NO1. The van der Waals surface area contributed by atoms with Crippen LogP contribution in [-0.4, -0.2) is 27.7 Å². The van der Waals surface area contributed by atoms with Crippen molar-refractivity contribution in [2.45, 2.75) is 18.9 Å². The van der Waals surface area contributed by atoms with E-state index in [0.29, 0.717) is 17.7 Å². The third kappa shape index (κ3) is 2.84. The lowest BCUT2D eigenvalue weighted by atomic mass is 9.96. The van der Waals surface area contributed by atoms with Crippen LogP contribution in [0, 0.1) is 20.2 Å². The Labute approximate surface area is 108 Å². The summed E-state index contributed by atoms with van der Waals surface area (Å²) in [4.78, 5) is 25.2. The predicted molar refractivity (Wildman–Crippen MR) is 65.6 cm³/mol. The van der Waals surface area contributed by atoms with Crippen LogP contribution < -0.4 is 0 Å². The van der Waals surface area contributed by atoms with Gasteiger partial charge in [0.15, 0.2) is 0 Å². The maximum atomic E-state index is 10.5. The van der Waals surface area contributed by atoms with Crippen molar-refractivity contribution in [2.75, 3.05) is 6.54 Å². The molecule has 1 atom stereocenters. The van der Waals surface area contributed by atoms with Crippen molar-refractivity contribution in [1.29, 1.82) is 0 Å². The van der Waals surface area contributed by atoms with E-state index in [1.54, 1.807) is 19.1 Å². The summed E-state index contributed by atoms with van der Waals surface area (Å²) < 4.78 is 0. The van der Waals surface area contributed by atoms with Crippen LogP contribution in [-0.2, 0) is 4.84 Å². The fraction of sp³-hybridized carbons (Fsp3) is 0.364. The fourth-order valence-corrected chi connectivity index (χ4v) is 1.87. The number of hydrogen-bond donors (Lipinski definition) is 0. The van der Waals surface area contributed by atoms with E-state index in [2.05, 4.69) is 5.16 Å². The summed E-state index contributed by atoms with van der Waals surface area (Å²) in [7, 11) is 0. The summed E-state index contributed by atoms with van der Waals surface area (Å²) in [5.74, 6) is 0. The maximum absolute atomic E-state index is 10.5. The monoisotopic (exact) mass is 265 g/mol. The van der Waals surface area contributed by atoms with Crippen LogP contribution in [0.3, 0.4) is 0 Å². The van der Waals surface area contributed by atoms with E-state index in [9.17, 15) is 20.2 Å². The molecule has 0 N–H and O–H groups in total. The Morgan fingerprint density at radius 1 is 1.32 bits per heavy atom. The summed E-state index contributed by atoms with van der Waals surface area (Å²) >= 11 is 0. The zero-order valence-corrected chi connectivity index (χ0v) is 10.1. The van der Waals surface area contributed by atoms with Gasteiger partial charge in [0.05, 0.1) is 10.6 Å². The van der Waals surface area contributed by atoms with E-state index in [-0.39, 0.29) is 12.2 Å². The van der Waals surface area contributed by atoms with Gasteiger partial charge in [-0.2, -0.15) is 0 Å². The third-order valence-corrected chi connectivity index (χ3v) is 2.79. The highest BCUT2D eigenvalue weighted by Gasteiger charge is 2.39. The molecule has 0 saturated carbocycles. The second-order valence-corrected chi connectivity index (χ2v) is 4.55. The van der Waals surface area contributed by atoms with Crippen LogP contribution in [0.1, 0.15) is 18.9 Å². The first-order valence-corrected chi connectivity index (χ1v) is 5.51. The molecule has 8 heteroatoms. The minimum atomic E-state index is -0.958. The van der Waals surface area contributed by atoms with Gasteiger partial charge in [-0.15, -0.1) is 0 Å². The second kappa shape index (κ2) is 4.63. The standard InChI is InChI=1S/C11H11N3O5/c1-11(7-13(15)16)6-10(12-19-11)8-2-4-9(5-3-8)14(17)18/h2-5H,6-7H2,1H3. The molecule has 0 fully saturated rings. The van der Waals surface area contributed by atoms with E-state index in [4.69, 9.17) is 4.84 Å².